The van der Waals surface area contributed by atoms with Crippen molar-refractivity contribution in [1.29, 1.82) is 5.26 Å². The number of nitrogens with zero attached hydrogens (tertiary/aromatic N) is 2. The zero-order valence-corrected chi connectivity index (χ0v) is 24.3. The number of hydrogen-bond acceptors (Lipinski definition) is 5. The Balaban J connectivity index is 1.57. The lowest BCUT2D eigenvalue weighted by Gasteiger charge is -2.21. The van der Waals surface area contributed by atoms with E-state index in [0.29, 0.717) is 32.1 Å². The molecule has 1 aromatic heterocycles. The molecule has 204 valence electrons. The van der Waals surface area contributed by atoms with Crippen LogP contribution in [0.5, 0.6) is 0 Å². The molecule has 0 fully saturated rings. The quantitative estimate of drug-likeness (QED) is 0.149. The van der Waals surface area contributed by atoms with E-state index in [-0.39, 0.29) is 34.3 Å². The van der Waals surface area contributed by atoms with Gasteiger partial charge in [0.05, 0.1) is 21.5 Å². The number of carbonyl (C=O) groups is 1. The third-order valence-electron chi connectivity index (χ3n) is 5.57. The number of anilines is 1. The second-order valence-corrected chi connectivity index (χ2v) is 12.0. The molecule has 0 saturated heterocycles. The number of benzene rings is 3. The Morgan fingerprint density at radius 2 is 1.52 bits per heavy atom. The molecule has 0 aliphatic carbocycles. The minimum absolute atomic E-state index is 0.0313. The van der Waals surface area contributed by atoms with Gasteiger partial charge in [-0.15, -0.1) is 0 Å². The predicted molar refractivity (Wildman–Crippen MR) is 157 cm³/mol. The Hall–Kier alpha value is -3.29. The van der Waals surface area contributed by atoms with Crippen LogP contribution in [0.4, 0.5) is 5.69 Å². The normalized spacial score (nSPS) is 11.8. The molecule has 0 unspecified atom stereocenters. The van der Waals surface area contributed by atoms with E-state index >= 15 is 0 Å². The third-order valence-corrected chi connectivity index (χ3v) is 8.62. The average molecular weight is 635 g/mol. The lowest BCUT2D eigenvalue weighted by Crippen LogP contribution is -2.30. The molecule has 3 aromatic carbocycles. The number of carbonyl (C=O) groups excluding carboxylic acids is 1. The molecule has 0 radical (unpaired) electrons. The molecule has 1 amide bonds. The maximum Gasteiger partial charge on any atom is 0.266 e. The molecule has 0 atom stereocenters. The average Bonchev–Trinajstić information content (AvgIpc) is 3.37. The highest BCUT2D eigenvalue weighted by Crippen LogP contribution is 2.26. The Morgan fingerprint density at radius 3 is 2.15 bits per heavy atom. The summed E-state index contributed by atoms with van der Waals surface area (Å²) in [6, 6.07) is 22.1. The van der Waals surface area contributed by atoms with E-state index in [1.807, 2.05) is 6.07 Å². The molecule has 0 aliphatic heterocycles. The zero-order chi connectivity index (χ0) is 28.9. The van der Waals surface area contributed by atoms with Gasteiger partial charge in [-0.3, -0.25) is 4.79 Å². The van der Waals surface area contributed by atoms with E-state index < -0.39 is 15.9 Å². The van der Waals surface area contributed by atoms with Gasteiger partial charge in [-0.1, -0.05) is 58.5 Å². The first-order valence-electron chi connectivity index (χ1n) is 11.5. The fraction of sp³-hybridized carbons (Fsp3) is 0.0714. The molecule has 4 rings (SSSR count). The Kier molecular flexibility index (Phi) is 9.59. The fourth-order valence-corrected chi connectivity index (χ4v) is 5.51. The van der Waals surface area contributed by atoms with Crippen LogP contribution in [0.2, 0.25) is 20.1 Å². The number of nitrogens with one attached hydrogen (secondary N) is 1. The van der Waals surface area contributed by atoms with Crippen LogP contribution in [-0.2, 0) is 27.9 Å². The van der Waals surface area contributed by atoms with Crippen molar-refractivity contribution in [2.24, 2.45) is 0 Å². The lowest BCUT2D eigenvalue weighted by molar-refractivity contribution is -0.112. The highest BCUT2D eigenvalue weighted by Gasteiger charge is 2.26. The number of amides is 1. The molecular formula is C28H19Cl4N3O4S. The number of nitriles is 1. The predicted octanol–water partition coefficient (Wildman–Crippen LogP) is 7.83. The summed E-state index contributed by atoms with van der Waals surface area (Å²) in [5.74, 6) is -0.209. The Bertz CT molecular complexity index is 1710. The van der Waals surface area contributed by atoms with Gasteiger partial charge in [-0.05, 0) is 72.3 Å². The molecule has 1 N–H and O–H groups in total. The van der Waals surface area contributed by atoms with Crippen molar-refractivity contribution >= 4 is 74.1 Å². The van der Waals surface area contributed by atoms with Gasteiger partial charge in [0.1, 0.15) is 23.2 Å². The zero-order valence-electron chi connectivity index (χ0n) is 20.4. The van der Waals surface area contributed by atoms with Gasteiger partial charge < -0.3 is 9.73 Å². The van der Waals surface area contributed by atoms with Gasteiger partial charge in [-0.25, -0.2) is 8.42 Å². The summed E-state index contributed by atoms with van der Waals surface area (Å²) < 4.78 is 34.1. The molecule has 4 aromatic rings. The first kappa shape index (κ1) is 29.7. The van der Waals surface area contributed by atoms with Gasteiger partial charge >= 0.3 is 0 Å². The first-order valence-corrected chi connectivity index (χ1v) is 14.5. The third kappa shape index (κ3) is 7.46. The van der Waals surface area contributed by atoms with Crippen LogP contribution in [0.15, 0.2) is 93.7 Å². The summed E-state index contributed by atoms with van der Waals surface area (Å²) in [5, 5.41) is 13.6. The number of hydrogen-bond donors (Lipinski definition) is 1. The van der Waals surface area contributed by atoms with Gasteiger partial charge in [0.2, 0.25) is 10.0 Å². The molecule has 12 heteroatoms. The highest BCUT2D eigenvalue weighted by atomic mass is 35.5. The molecule has 0 saturated carbocycles. The van der Waals surface area contributed by atoms with Crippen molar-refractivity contribution in [1.82, 2.24) is 4.31 Å². The van der Waals surface area contributed by atoms with E-state index in [1.54, 1.807) is 36.4 Å². The van der Waals surface area contributed by atoms with Crippen molar-refractivity contribution in [2.75, 3.05) is 5.32 Å². The molecule has 40 heavy (non-hydrogen) atoms. The van der Waals surface area contributed by atoms with Gasteiger partial charge in [0, 0.05) is 28.4 Å². The maximum absolute atomic E-state index is 13.5. The van der Waals surface area contributed by atoms with Crippen molar-refractivity contribution < 1.29 is 17.6 Å². The largest absolute Gasteiger partial charge is 0.460 e. The highest BCUT2D eigenvalue weighted by molar-refractivity contribution is 7.89. The molecule has 0 bridgehead atoms. The van der Waals surface area contributed by atoms with Gasteiger partial charge in [0.15, 0.2) is 0 Å². The van der Waals surface area contributed by atoms with Crippen LogP contribution in [-0.4, -0.2) is 18.6 Å². The topological polar surface area (TPSA) is 103 Å². The summed E-state index contributed by atoms with van der Waals surface area (Å²) in [6.45, 7) is -0.0950. The van der Waals surface area contributed by atoms with E-state index in [0.717, 1.165) is 0 Å². The van der Waals surface area contributed by atoms with Crippen molar-refractivity contribution in [3.05, 3.63) is 122 Å². The summed E-state index contributed by atoms with van der Waals surface area (Å²) in [5.41, 5.74) is 0.823. The fourth-order valence-electron chi connectivity index (χ4n) is 3.57. The molecular weight excluding hydrogens is 616 g/mol. The number of halogens is 4. The van der Waals surface area contributed by atoms with Crippen molar-refractivity contribution in [3.8, 4) is 6.07 Å². The number of furan rings is 1. The Labute approximate surface area is 251 Å². The first-order chi connectivity index (χ1) is 19.0. The maximum atomic E-state index is 13.5. The minimum atomic E-state index is -3.97. The van der Waals surface area contributed by atoms with Crippen LogP contribution < -0.4 is 5.32 Å². The summed E-state index contributed by atoms with van der Waals surface area (Å²) in [4.78, 5) is 12.7. The van der Waals surface area contributed by atoms with Crippen LogP contribution >= 0.6 is 46.4 Å². The molecule has 0 aliphatic rings. The van der Waals surface area contributed by atoms with Crippen LogP contribution in [0.3, 0.4) is 0 Å². The summed E-state index contributed by atoms with van der Waals surface area (Å²) >= 11 is 23.8. The SMILES string of the molecule is N#C/C(=C/c1ccc(CN(Cc2ccc(Cl)cc2)S(=O)(=O)c2ccc(Cl)cc2)o1)C(=O)Nc1ccc(Cl)c(Cl)c1. The van der Waals surface area contributed by atoms with E-state index in [2.05, 4.69) is 5.32 Å². The summed E-state index contributed by atoms with van der Waals surface area (Å²) in [7, 11) is -3.97. The second-order valence-electron chi connectivity index (χ2n) is 8.41. The molecule has 7 nitrogen and oxygen atoms in total. The number of rotatable bonds is 9. The van der Waals surface area contributed by atoms with Crippen molar-refractivity contribution in [2.45, 2.75) is 18.0 Å². The Morgan fingerprint density at radius 1 is 0.875 bits per heavy atom. The van der Waals surface area contributed by atoms with Crippen LogP contribution in [0.1, 0.15) is 17.1 Å². The van der Waals surface area contributed by atoms with Crippen molar-refractivity contribution in [3.63, 3.8) is 0 Å². The molecule has 1 heterocycles. The van der Waals surface area contributed by atoms with E-state index in [4.69, 9.17) is 50.8 Å². The van der Waals surface area contributed by atoms with Gasteiger partial charge in [-0.2, -0.15) is 9.57 Å². The van der Waals surface area contributed by atoms with Crippen LogP contribution in [0, 0.1) is 11.3 Å². The van der Waals surface area contributed by atoms with Gasteiger partial charge in [0.25, 0.3) is 5.91 Å². The lowest BCUT2D eigenvalue weighted by atomic mass is 10.2. The number of sulfonamides is 1. The van der Waals surface area contributed by atoms with E-state index in [1.165, 1.54) is 52.8 Å². The smallest absolute Gasteiger partial charge is 0.266 e. The second kappa shape index (κ2) is 12.9. The summed E-state index contributed by atoms with van der Waals surface area (Å²) in [6.07, 6.45) is 1.26. The standard InChI is InChI=1S/C28H19Cl4N3O4S/c29-20-3-1-18(2-4-20)16-35(40(37,38)25-10-5-21(30)6-11-25)17-24-9-8-23(39-24)13-19(15-33)28(36)34-22-7-12-26(31)27(32)14-22/h1-14H,16-17H2,(H,34,36)/b19-13-. The molecule has 0 spiro atoms. The van der Waals surface area contributed by atoms with Crippen LogP contribution in [0.25, 0.3) is 6.08 Å². The minimum Gasteiger partial charge on any atom is -0.460 e. The monoisotopic (exact) mass is 633 g/mol. The van der Waals surface area contributed by atoms with E-state index in [9.17, 15) is 18.5 Å².